The first kappa shape index (κ1) is 15.8. The predicted octanol–water partition coefficient (Wildman–Crippen LogP) is 2.88. The van der Waals surface area contributed by atoms with Gasteiger partial charge in [-0.05, 0) is 47.1 Å². The molecule has 2 aromatic rings. The molecule has 0 unspecified atom stereocenters. The molecule has 0 aromatic carbocycles. The molecule has 0 fully saturated rings. The molecule has 21 heavy (non-hydrogen) atoms. The van der Waals surface area contributed by atoms with Crippen molar-refractivity contribution in [3.05, 3.63) is 35.9 Å². The van der Waals surface area contributed by atoms with E-state index in [-0.39, 0.29) is 5.54 Å². The summed E-state index contributed by atoms with van der Waals surface area (Å²) in [4.78, 5) is 0. The van der Waals surface area contributed by atoms with E-state index < -0.39 is 0 Å². The highest BCUT2D eigenvalue weighted by Gasteiger charge is 2.16. The third-order valence-electron chi connectivity index (χ3n) is 3.82. The van der Waals surface area contributed by atoms with Crippen molar-refractivity contribution in [2.24, 2.45) is 0 Å². The molecule has 2 rings (SSSR count). The maximum absolute atomic E-state index is 4.43. The maximum atomic E-state index is 4.43. The third-order valence-corrected chi connectivity index (χ3v) is 3.82. The van der Waals surface area contributed by atoms with Crippen molar-refractivity contribution in [3.63, 3.8) is 0 Å². The topological polar surface area (TPSA) is 47.7 Å². The molecule has 0 aliphatic rings. The van der Waals surface area contributed by atoms with Crippen molar-refractivity contribution in [3.8, 4) is 0 Å². The van der Waals surface area contributed by atoms with Crippen molar-refractivity contribution in [2.75, 3.05) is 0 Å². The van der Waals surface area contributed by atoms with E-state index in [9.17, 15) is 0 Å². The minimum Gasteiger partial charge on any atom is -0.308 e. The van der Waals surface area contributed by atoms with Crippen LogP contribution in [0.5, 0.6) is 0 Å². The summed E-state index contributed by atoms with van der Waals surface area (Å²) in [6, 6.07) is 0.652. The Labute approximate surface area is 127 Å². The summed E-state index contributed by atoms with van der Waals surface area (Å²) in [5.74, 6) is 0. The van der Waals surface area contributed by atoms with Gasteiger partial charge in [-0.25, -0.2) is 0 Å². The molecule has 116 valence electrons. The summed E-state index contributed by atoms with van der Waals surface area (Å²) < 4.78 is 4.03. The van der Waals surface area contributed by atoms with Crippen LogP contribution < -0.4 is 5.32 Å². The molecule has 2 aromatic heterocycles. The van der Waals surface area contributed by atoms with Crippen LogP contribution in [0, 0.1) is 6.92 Å². The zero-order valence-corrected chi connectivity index (χ0v) is 14.0. The normalized spacial score (nSPS) is 15.1. The molecule has 5 nitrogen and oxygen atoms in total. The van der Waals surface area contributed by atoms with Crippen LogP contribution in [-0.4, -0.2) is 25.6 Å². The Morgan fingerprint density at radius 3 is 2.38 bits per heavy atom. The highest BCUT2D eigenvalue weighted by molar-refractivity contribution is 5.05. The van der Waals surface area contributed by atoms with Crippen LogP contribution >= 0.6 is 0 Å². The molecule has 5 heteroatoms. The number of hydrogen-bond donors (Lipinski definition) is 1. The largest absolute Gasteiger partial charge is 0.308 e. The zero-order chi connectivity index (χ0) is 15.6. The second kappa shape index (κ2) is 6.02. The van der Waals surface area contributed by atoms with E-state index in [1.807, 2.05) is 21.8 Å². The average Bonchev–Trinajstić information content (AvgIpc) is 3.03. The molecule has 0 radical (unpaired) electrons. The molecule has 0 bridgehead atoms. The van der Waals surface area contributed by atoms with E-state index in [0.717, 1.165) is 6.54 Å². The van der Waals surface area contributed by atoms with E-state index in [0.29, 0.717) is 12.1 Å². The van der Waals surface area contributed by atoms with Crippen molar-refractivity contribution in [1.29, 1.82) is 0 Å². The number of nitrogens with one attached hydrogen (secondary N) is 1. The molecule has 0 saturated carbocycles. The molecule has 2 heterocycles. The smallest absolute Gasteiger partial charge is 0.0641 e. The summed E-state index contributed by atoms with van der Waals surface area (Å²) in [5, 5.41) is 12.4. The van der Waals surface area contributed by atoms with Crippen LogP contribution in [0.15, 0.2) is 24.8 Å². The minimum atomic E-state index is 0.0315. The van der Waals surface area contributed by atoms with Crippen LogP contribution in [0.3, 0.4) is 0 Å². The number of aryl methyl sites for hydroxylation is 1. The molecule has 1 N–H and O–H groups in total. The lowest BCUT2D eigenvalue weighted by Gasteiger charge is -2.21. The lowest BCUT2D eigenvalue weighted by molar-refractivity contribution is 0.353. The van der Waals surface area contributed by atoms with Gasteiger partial charge in [0.15, 0.2) is 0 Å². The number of rotatable bonds is 5. The Hall–Kier alpha value is -1.62. The molecule has 0 amide bonds. The van der Waals surface area contributed by atoms with Gasteiger partial charge < -0.3 is 5.32 Å². The fraction of sp³-hybridized carbons (Fsp3) is 0.625. The molecule has 2 atom stereocenters. The van der Waals surface area contributed by atoms with Gasteiger partial charge in [-0.2, -0.15) is 10.2 Å². The Balaban J connectivity index is 1.92. The van der Waals surface area contributed by atoms with Gasteiger partial charge in [0.25, 0.3) is 0 Å². The van der Waals surface area contributed by atoms with E-state index in [2.05, 4.69) is 69.5 Å². The van der Waals surface area contributed by atoms with Crippen LogP contribution in [0.4, 0.5) is 0 Å². The summed E-state index contributed by atoms with van der Waals surface area (Å²) >= 11 is 0. The second-order valence-corrected chi connectivity index (χ2v) is 6.87. The molecule has 0 aliphatic heterocycles. The molecule has 0 aliphatic carbocycles. The quantitative estimate of drug-likeness (QED) is 0.920. The number of aromatic nitrogens is 4. The number of nitrogens with zero attached hydrogens (tertiary/aromatic N) is 4. The van der Waals surface area contributed by atoms with Crippen LogP contribution in [0.25, 0.3) is 0 Å². The van der Waals surface area contributed by atoms with Gasteiger partial charge in [-0.15, -0.1) is 0 Å². The van der Waals surface area contributed by atoms with Crippen molar-refractivity contribution < 1.29 is 0 Å². The van der Waals surface area contributed by atoms with Gasteiger partial charge in [-0.3, -0.25) is 9.36 Å². The summed E-state index contributed by atoms with van der Waals surface area (Å²) in [5.41, 5.74) is 2.44. The molecular weight excluding hydrogens is 262 g/mol. The predicted molar refractivity (Wildman–Crippen MR) is 85.2 cm³/mol. The highest BCUT2D eigenvalue weighted by atomic mass is 15.3. The van der Waals surface area contributed by atoms with Crippen LogP contribution in [0.1, 0.15) is 51.8 Å². The lowest BCUT2D eigenvalue weighted by atomic mass is 10.1. The van der Waals surface area contributed by atoms with Gasteiger partial charge in [0.05, 0.1) is 24.0 Å². The SMILES string of the molecule is Cc1cnn([C@H](C)[C@@H](C)NCc2cnn(C(C)(C)C)c2)c1. The minimum absolute atomic E-state index is 0.0315. The Morgan fingerprint density at radius 1 is 1.14 bits per heavy atom. The highest BCUT2D eigenvalue weighted by Crippen LogP contribution is 2.14. The van der Waals surface area contributed by atoms with Gasteiger partial charge in [-0.1, -0.05) is 0 Å². The Morgan fingerprint density at radius 2 is 1.86 bits per heavy atom. The first-order valence-corrected chi connectivity index (χ1v) is 7.55. The summed E-state index contributed by atoms with van der Waals surface area (Å²) in [7, 11) is 0. The van der Waals surface area contributed by atoms with Crippen molar-refractivity contribution in [1.82, 2.24) is 24.9 Å². The fourth-order valence-electron chi connectivity index (χ4n) is 2.15. The van der Waals surface area contributed by atoms with Gasteiger partial charge in [0, 0.05) is 30.5 Å². The Bertz CT molecular complexity index is 576. The Kier molecular flexibility index (Phi) is 4.52. The maximum Gasteiger partial charge on any atom is 0.0641 e. The second-order valence-electron chi connectivity index (χ2n) is 6.87. The number of hydrogen-bond acceptors (Lipinski definition) is 3. The molecule has 0 spiro atoms. The fourth-order valence-corrected chi connectivity index (χ4v) is 2.15. The average molecular weight is 289 g/mol. The first-order chi connectivity index (χ1) is 9.77. The lowest BCUT2D eigenvalue weighted by Crippen LogP contribution is -2.33. The first-order valence-electron chi connectivity index (χ1n) is 7.55. The van der Waals surface area contributed by atoms with Gasteiger partial charge in [0.2, 0.25) is 0 Å². The van der Waals surface area contributed by atoms with Gasteiger partial charge >= 0.3 is 0 Å². The molecule has 0 saturated heterocycles. The van der Waals surface area contributed by atoms with E-state index in [1.54, 1.807) is 0 Å². The van der Waals surface area contributed by atoms with Crippen LogP contribution in [-0.2, 0) is 12.1 Å². The van der Waals surface area contributed by atoms with Crippen molar-refractivity contribution in [2.45, 2.75) is 65.7 Å². The van der Waals surface area contributed by atoms with Crippen molar-refractivity contribution >= 4 is 0 Å². The van der Waals surface area contributed by atoms with Gasteiger partial charge in [0.1, 0.15) is 0 Å². The summed E-state index contributed by atoms with van der Waals surface area (Å²) in [6.07, 6.45) is 8.03. The monoisotopic (exact) mass is 289 g/mol. The standard InChI is InChI=1S/C16H27N5/c1-12-7-18-20(10-12)14(3)13(2)17-8-15-9-19-21(11-15)16(4,5)6/h7,9-11,13-14,17H,8H2,1-6H3/t13-,14-/m1/s1. The molecular formula is C16H27N5. The van der Waals surface area contributed by atoms with E-state index >= 15 is 0 Å². The van der Waals surface area contributed by atoms with E-state index in [4.69, 9.17) is 0 Å². The third kappa shape index (κ3) is 3.94. The van der Waals surface area contributed by atoms with Crippen LogP contribution in [0.2, 0.25) is 0 Å². The summed E-state index contributed by atoms with van der Waals surface area (Å²) in [6.45, 7) is 13.7. The zero-order valence-electron chi connectivity index (χ0n) is 14.0. The van der Waals surface area contributed by atoms with E-state index in [1.165, 1.54) is 11.1 Å².